The number of aryl methyl sites for hydroxylation is 1. The summed E-state index contributed by atoms with van der Waals surface area (Å²) in [6.07, 6.45) is 0.100. The van der Waals surface area contributed by atoms with Crippen LogP contribution < -0.4 is 5.32 Å². The summed E-state index contributed by atoms with van der Waals surface area (Å²) >= 11 is 1.42. The van der Waals surface area contributed by atoms with Gasteiger partial charge >= 0.3 is 5.97 Å². The summed E-state index contributed by atoms with van der Waals surface area (Å²) in [6.45, 7) is 5.46. The molecule has 0 saturated carbocycles. The van der Waals surface area contributed by atoms with Gasteiger partial charge in [0.25, 0.3) is 0 Å². The number of carbonyl (C=O) groups excluding carboxylic acids is 4. The molecule has 0 aliphatic carbocycles. The predicted molar refractivity (Wildman–Crippen MR) is 120 cm³/mol. The zero-order valence-corrected chi connectivity index (χ0v) is 19.0. The Bertz CT molecular complexity index is 904. The second-order valence-electron chi connectivity index (χ2n) is 7.65. The highest BCUT2D eigenvalue weighted by molar-refractivity contribution is 7.14. The number of ketones is 2. The quantitative estimate of drug-likeness (QED) is 0.383. The Balaban J connectivity index is 1.83. The number of rotatable bonds is 12. The SMILES string of the molecule is Cc1ccc(C(=O)CCC(=O)CCC(=O)NC(CC(=O)OC(C)C)c2ccccc2)s1. The fourth-order valence-electron chi connectivity index (χ4n) is 3.02. The van der Waals surface area contributed by atoms with Gasteiger partial charge in [0.15, 0.2) is 5.78 Å². The number of hydrogen-bond donors (Lipinski definition) is 1. The molecular formula is C24H29NO5S. The van der Waals surface area contributed by atoms with Gasteiger partial charge in [-0.1, -0.05) is 30.3 Å². The third-order valence-corrected chi connectivity index (χ3v) is 5.59. The molecule has 0 bridgehead atoms. The second kappa shape index (κ2) is 12.2. The number of hydrogen-bond acceptors (Lipinski definition) is 6. The van der Waals surface area contributed by atoms with Gasteiger partial charge in [-0.3, -0.25) is 19.2 Å². The Morgan fingerprint density at radius 1 is 0.935 bits per heavy atom. The Morgan fingerprint density at radius 3 is 2.23 bits per heavy atom. The molecule has 1 amide bonds. The van der Waals surface area contributed by atoms with Gasteiger partial charge in [0.05, 0.1) is 23.4 Å². The topological polar surface area (TPSA) is 89.5 Å². The van der Waals surface area contributed by atoms with Crippen molar-refractivity contribution >= 4 is 34.8 Å². The molecule has 166 valence electrons. The van der Waals surface area contributed by atoms with Crippen LogP contribution in [0.1, 0.15) is 72.1 Å². The van der Waals surface area contributed by atoms with Crippen LogP contribution in [0.25, 0.3) is 0 Å². The van der Waals surface area contributed by atoms with E-state index < -0.39 is 12.0 Å². The predicted octanol–water partition coefficient (Wildman–Crippen LogP) is 4.57. The summed E-state index contributed by atoms with van der Waals surface area (Å²) in [4.78, 5) is 50.5. The van der Waals surface area contributed by atoms with Crippen molar-refractivity contribution in [1.29, 1.82) is 0 Å². The summed E-state index contributed by atoms with van der Waals surface area (Å²) in [7, 11) is 0. The van der Waals surface area contributed by atoms with Crippen LogP contribution in [0.15, 0.2) is 42.5 Å². The zero-order chi connectivity index (χ0) is 22.8. The second-order valence-corrected chi connectivity index (χ2v) is 8.93. The molecule has 2 rings (SSSR count). The highest BCUT2D eigenvalue weighted by Gasteiger charge is 2.20. The standard InChI is InChI=1S/C24H29NO5S/c1-16(2)30-24(29)15-20(18-7-5-4-6-8-18)25-23(28)14-11-19(26)10-12-21(27)22-13-9-17(3)31-22/h4-9,13,16,20H,10-12,14-15H2,1-3H3,(H,25,28). The number of esters is 1. The Kier molecular flexibility index (Phi) is 9.59. The van der Waals surface area contributed by atoms with Gasteiger partial charge < -0.3 is 10.1 Å². The van der Waals surface area contributed by atoms with Crippen LogP contribution in [0, 0.1) is 6.92 Å². The number of amides is 1. The number of carbonyl (C=O) groups is 4. The Labute approximate surface area is 187 Å². The molecule has 0 aliphatic heterocycles. The highest BCUT2D eigenvalue weighted by Crippen LogP contribution is 2.19. The molecule has 7 heteroatoms. The first-order valence-electron chi connectivity index (χ1n) is 10.4. The minimum Gasteiger partial charge on any atom is -0.463 e. The monoisotopic (exact) mass is 443 g/mol. The average molecular weight is 444 g/mol. The minimum atomic E-state index is -0.529. The van der Waals surface area contributed by atoms with Crippen molar-refractivity contribution in [2.24, 2.45) is 0 Å². The van der Waals surface area contributed by atoms with Crippen molar-refractivity contribution in [2.45, 2.75) is 65.0 Å². The molecule has 0 fully saturated rings. The van der Waals surface area contributed by atoms with Gasteiger partial charge in [0.2, 0.25) is 5.91 Å². The number of Topliss-reactive ketones (excluding diaryl/α,β-unsaturated/α-hetero) is 2. The number of nitrogens with one attached hydrogen (secondary N) is 1. The maximum Gasteiger partial charge on any atom is 0.308 e. The summed E-state index contributed by atoms with van der Waals surface area (Å²) in [5.74, 6) is -0.904. The van der Waals surface area contributed by atoms with Gasteiger partial charge in [-0.25, -0.2) is 0 Å². The largest absolute Gasteiger partial charge is 0.463 e. The molecule has 31 heavy (non-hydrogen) atoms. The molecule has 0 radical (unpaired) electrons. The molecule has 6 nitrogen and oxygen atoms in total. The molecule has 1 atom stereocenters. The minimum absolute atomic E-state index is 0.00763. The molecule has 1 unspecified atom stereocenters. The third-order valence-electron chi connectivity index (χ3n) is 4.55. The van der Waals surface area contributed by atoms with Crippen LogP contribution in [-0.2, 0) is 19.1 Å². The van der Waals surface area contributed by atoms with Crippen molar-refractivity contribution in [3.05, 3.63) is 57.8 Å². The van der Waals surface area contributed by atoms with E-state index in [1.165, 1.54) is 11.3 Å². The smallest absolute Gasteiger partial charge is 0.308 e. The first-order chi connectivity index (χ1) is 14.7. The van der Waals surface area contributed by atoms with Gasteiger partial charge in [0, 0.05) is 30.6 Å². The van der Waals surface area contributed by atoms with Crippen LogP contribution >= 0.6 is 11.3 Å². The van der Waals surface area contributed by atoms with E-state index in [2.05, 4.69) is 5.32 Å². The van der Waals surface area contributed by atoms with E-state index in [4.69, 9.17) is 4.74 Å². The van der Waals surface area contributed by atoms with Crippen LogP contribution in [0.4, 0.5) is 0 Å². The molecule has 2 aromatic rings. The van der Waals surface area contributed by atoms with Crippen molar-refractivity contribution in [2.75, 3.05) is 0 Å². The normalized spacial score (nSPS) is 11.7. The summed E-state index contributed by atoms with van der Waals surface area (Å²) in [6, 6.07) is 12.3. The fourth-order valence-corrected chi connectivity index (χ4v) is 3.86. The molecule has 1 N–H and O–H groups in total. The summed E-state index contributed by atoms with van der Waals surface area (Å²) in [5, 5.41) is 2.83. The van der Waals surface area contributed by atoms with Crippen LogP contribution in [0.3, 0.4) is 0 Å². The van der Waals surface area contributed by atoms with Gasteiger partial charge in [-0.15, -0.1) is 11.3 Å². The molecule has 1 heterocycles. The number of benzene rings is 1. The maximum absolute atomic E-state index is 12.4. The van der Waals surface area contributed by atoms with Crippen molar-refractivity contribution in [3.8, 4) is 0 Å². The third kappa shape index (κ3) is 8.84. The lowest BCUT2D eigenvalue weighted by Crippen LogP contribution is -2.31. The molecule has 0 spiro atoms. The average Bonchev–Trinajstić information content (AvgIpc) is 3.16. The lowest BCUT2D eigenvalue weighted by atomic mass is 10.0. The van der Waals surface area contributed by atoms with Gasteiger partial charge in [-0.05, 0) is 38.5 Å². The van der Waals surface area contributed by atoms with E-state index in [0.29, 0.717) is 4.88 Å². The number of thiophene rings is 1. The molecular weight excluding hydrogens is 414 g/mol. The molecule has 1 aromatic carbocycles. The van der Waals surface area contributed by atoms with Crippen molar-refractivity contribution < 1.29 is 23.9 Å². The van der Waals surface area contributed by atoms with Gasteiger partial charge in [0.1, 0.15) is 5.78 Å². The van der Waals surface area contributed by atoms with E-state index in [1.807, 2.05) is 43.3 Å². The zero-order valence-electron chi connectivity index (χ0n) is 18.2. The van der Waals surface area contributed by atoms with E-state index in [9.17, 15) is 19.2 Å². The molecule has 0 aliphatic rings. The Morgan fingerprint density at radius 2 is 1.61 bits per heavy atom. The lowest BCUT2D eigenvalue weighted by Gasteiger charge is -2.19. The van der Waals surface area contributed by atoms with E-state index in [1.54, 1.807) is 19.9 Å². The lowest BCUT2D eigenvalue weighted by molar-refractivity contribution is -0.148. The van der Waals surface area contributed by atoms with E-state index in [0.717, 1.165) is 10.4 Å². The van der Waals surface area contributed by atoms with Crippen molar-refractivity contribution in [3.63, 3.8) is 0 Å². The first-order valence-corrected chi connectivity index (χ1v) is 11.2. The van der Waals surface area contributed by atoms with Gasteiger partial charge in [-0.2, -0.15) is 0 Å². The Hall–Kier alpha value is -2.80. The van der Waals surface area contributed by atoms with Crippen LogP contribution in [-0.4, -0.2) is 29.5 Å². The summed E-state index contributed by atoms with van der Waals surface area (Å²) < 4.78 is 5.20. The maximum atomic E-state index is 12.4. The number of ether oxygens (including phenoxy) is 1. The van der Waals surface area contributed by atoms with E-state index in [-0.39, 0.29) is 55.7 Å². The van der Waals surface area contributed by atoms with Crippen molar-refractivity contribution in [1.82, 2.24) is 5.32 Å². The van der Waals surface area contributed by atoms with E-state index >= 15 is 0 Å². The van der Waals surface area contributed by atoms with Crippen LogP contribution in [0.2, 0.25) is 0 Å². The molecule has 0 saturated heterocycles. The van der Waals surface area contributed by atoms with Crippen LogP contribution in [0.5, 0.6) is 0 Å². The molecule has 1 aromatic heterocycles. The first kappa shape index (κ1) is 24.5. The summed E-state index contributed by atoms with van der Waals surface area (Å²) in [5.41, 5.74) is 0.791. The fraction of sp³-hybridized carbons (Fsp3) is 0.417. The highest BCUT2D eigenvalue weighted by atomic mass is 32.1.